The number of carbonyl (C=O) groups is 1. The molecule has 0 radical (unpaired) electrons. The van der Waals surface area contributed by atoms with Gasteiger partial charge in [0, 0.05) is 33.7 Å². The molecule has 0 bridgehead atoms. The van der Waals surface area contributed by atoms with Crippen LogP contribution in [0.15, 0.2) is 65.6 Å². The molecule has 0 unspecified atom stereocenters. The minimum Gasteiger partial charge on any atom is -0.496 e. The fourth-order valence-corrected chi connectivity index (χ4v) is 7.25. The van der Waals surface area contributed by atoms with E-state index >= 15 is 0 Å². The van der Waals surface area contributed by atoms with Gasteiger partial charge in [0.05, 0.1) is 29.7 Å². The van der Waals surface area contributed by atoms with Crippen LogP contribution < -0.4 is 10.1 Å². The van der Waals surface area contributed by atoms with Gasteiger partial charge in [-0.05, 0) is 74.1 Å². The summed E-state index contributed by atoms with van der Waals surface area (Å²) in [6.07, 6.45) is 4.12. The number of rotatable bonds is 10. The van der Waals surface area contributed by atoms with Gasteiger partial charge in [0.15, 0.2) is 0 Å². The van der Waals surface area contributed by atoms with Gasteiger partial charge in [0.25, 0.3) is 0 Å². The first-order valence-corrected chi connectivity index (χ1v) is 14.8. The van der Waals surface area contributed by atoms with Crippen LogP contribution in [-0.4, -0.2) is 50.4 Å². The maximum Gasteiger partial charge on any atom is 0.243 e. The number of nitrogens with zero attached hydrogens (tertiary/aromatic N) is 2. The maximum atomic E-state index is 13.4. The molecule has 1 amide bonds. The number of amides is 1. The summed E-state index contributed by atoms with van der Waals surface area (Å²) in [5.74, 6) is 1.09. The lowest BCUT2D eigenvalue weighted by molar-refractivity contribution is -0.118. The van der Waals surface area contributed by atoms with Gasteiger partial charge in [-0.25, -0.2) is 13.4 Å². The van der Waals surface area contributed by atoms with Crippen molar-refractivity contribution in [2.45, 2.75) is 62.0 Å². The molecular weight excluding hydrogens is 514 g/mol. The number of benzene rings is 2. The molecule has 2 aliphatic rings. The first-order valence-electron chi connectivity index (χ1n) is 13.4. The van der Waals surface area contributed by atoms with E-state index in [2.05, 4.69) is 10.3 Å². The van der Waals surface area contributed by atoms with E-state index in [4.69, 9.17) is 9.47 Å². The average molecular weight is 554 g/mol. The highest BCUT2D eigenvalue weighted by molar-refractivity contribution is 7.89. The third-order valence-electron chi connectivity index (χ3n) is 7.86. The lowest BCUT2D eigenvalue weighted by Gasteiger charge is -2.23. The Morgan fingerprint density at radius 3 is 2.56 bits per heavy atom. The molecule has 1 aliphatic carbocycles. The summed E-state index contributed by atoms with van der Waals surface area (Å²) in [4.78, 5) is 18.4. The Bertz CT molecular complexity index is 1460. The van der Waals surface area contributed by atoms with Gasteiger partial charge in [-0.15, -0.1) is 0 Å². The standard InChI is InChI=1S/C30H35N3O5S.2H2/c1-4-24-7-6-18-33(24)39(35,36)25-13-10-21(11-14-25)26-8-5-9-28(31-26)32-29(34)30(16-17-30)23-12-15-27(38-3)22(19-23)20-37-2;;/h5,8-15,19,24H,4,6-7,16-18,20H2,1-3H3,(H,31,32,34);2*1H/t24-;;/m0../s1. The Labute approximate surface area is 233 Å². The predicted octanol–water partition coefficient (Wildman–Crippen LogP) is 5.63. The molecule has 1 atom stereocenters. The van der Waals surface area contributed by atoms with Gasteiger partial charge in [-0.3, -0.25) is 4.79 Å². The van der Waals surface area contributed by atoms with Crippen LogP contribution in [0.4, 0.5) is 5.82 Å². The topological polar surface area (TPSA) is 97.8 Å². The van der Waals surface area contributed by atoms with E-state index in [1.54, 1.807) is 48.9 Å². The van der Waals surface area contributed by atoms with Crippen LogP contribution in [-0.2, 0) is 31.6 Å². The quantitative estimate of drug-likeness (QED) is 0.350. The van der Waals surface area contributed by atoms with Crippen LogP contribution in [0.25, 0.3) is 11.3 Å². The molecule has 1 N–H and O–H groups in total. The Kier molecular flexibility index (Phi) is 7.75. The van der Waals surface area contributed by atoms with Gasteiger partial charge in [-0.2, -0.15) is 4.31 Å². The summed E-state index contributed by atoms with van der Waals surface area (Å²) < 4.78 is 38.7. The molecule has 39 heavy (non-hydrogen) atoms. The number of hydrogen-bond donors (Lipinski definition) is 1. The maximum absolute atomic E-state index is 13.4. The zero-order valence-corrected chi connectivity index (χ0v) is 23.5. The number of sulfonamides is 1. The number of ether oxygens (including phenoxy) is 2. The molecule has 2 heterocycles. The number of anilines is 1. The number of hydrogen-bond acceptors (Lipinski definition) is 6. The van der Waals surface area contributed by atoms with Crippen molar-refractivity contribution in [3.63, 3.8) is 0 Å². The SMILES string of the molecule is CC[C@H]1CCCN1S(=O)(=O)c1ccc(-c2cccc(NC(=O)C3(c4ccc(OC)c(COC)c4)CC3)n2)cc1.[HH].[HH]. The van der Waals surface area contributed by atoms with Gasteiger partial charge in [0.1, 0.15) is 11.6 Å². The van der Waals surface area contributed by atoms with Crippen molar-refractivity contribution in [1.82, 2.24) is 9.29 Å². The second-order valence-corrected chi connectivity index (χ2v) is 12.1. The van der Waals surface area contributed by atoms with Crippen LogP contribution >= 0.6 is 0 Å². The normalized spacial score (nSPS) is 18.6. The molecule has 2 aromatic carbocycles. The van der Waals surface area contributed by atoms with Crippen LogP contribution in [0.1, 0.15) is 53.0 Å². The monoisotopic (exact) mass is 553 g/mol. The van der Waals surface area contributed by atoms with Crippen molar-refractivity contribution in [2.24, 2.45) is 0 Å². The molecule has 0 spiro atoms. The zero-order chi connectivity index (χ0) is 27.6. The third kappa shape index (κ3) is 5.31. The summed E-state index contributed by atoms with van der Waals surface area (Å²) in [5, 5.41) is 3.00. The van der Waals surface area contributed by atoms with Gasteiger partial charge in [0.2, 0.25) is 15.9 Å². The van der Waals surface area contributed by atoms with Crippen molar-refractivity contribution in [1.29, 1.82) is 0 Å². The highest BCUT2D eigenvalue weighted by Gasteiger charge is 2.51. The van der Waals surface area contributed by atoms with Crippen molar-refractivity contribution >= 4 is 21.7 Å². The number of pyridine rings is 1. The Balaban J connectivity index is 0.00000231. The first kappa shape index (κ1) is 27.3. The van der Waals surface area contributed by atoms with Crippen molar-refractivity contribution in [2.75, 3.05) is 26.1 Å². The Hall–Kier alpha value is -3.27. The smallest absolute Gasteiger partial charge is 0.243 e. The average Bonchev–Trinajstić information content (AvgIpc) is 3.62. The van der Waals surface area contributed by atoms with Crippen LogP contribution in [0, 0.1) is 0 Å². The number of carbonyl (C=O) groups excluding carboxylic acids is 1. The molecule has 3 aromatic rings. The second-order valence-electron chi connectivity index (χ2n) is 10.2. The van der Waals surface area contributed by atoms with E-state index in [-0.39, 0.29) is 14.8 Å². The van der Waals surface area contributed by atoms with Crippen LogP contribution in [0.2, 0.25) is 0 Å². The zero-order valence-electron chi connectivity index (χ0n) is 22.6. The first-order chi connectivity index (χ1) is 18.8. The Morgan fingerprint density at radius 1 is 1.13 bits per heavy atom. The van der Waals surface area contributed by atoms with E-state index in [1.165, 1.54) is 0 Å². The largest absolute Gasteiger partial charge is 0.496 e. The second kappa shape index (κ2) is 11.1. The summed E-state index contributed by atoms with van der Waals surface area (Å²) in [7, 11) is -0.280. The number of aromatic nitrogens is 1. The van der Waals surface area contributed by atoms with Gasteiger partial charge < -0.3 is 14.8 Å². The minimum absolute atomic E-state index is 0. The molecule has 2 fully saturated rings. The Morgan fingerprint density at radius 2 is 1.90 bits per heavy atom. The summed E-state index contributed by atoms with van der Waals surface area (Å²) in [6.45, 7) is 2.99. The molecule has 9 heteroatoms. The van der Waals surface area contributed by atoms with Gasteiger partial charge >= 0.3 is 0 Å². The van der Waals surface area contributed by atoms with Crippen molar-refractivity contribution < 1.29 is 25.5 Å². The van der Waals surface area contributed by atoms with Crippen molar-refractivity contribution in [3.05, 3.63) is 71.8 Å². The summed E-state index contributed by atoms with van der Waals surface area (Å²) in [5.41, 5.74) is 2.66. The number of nitrogens with one attached hydrogen (secondary N) is 1. The highest BCUT2D eigenvalue weighted by atomic mass is 32.2. The van der Waals surface area contributed by atoms with E-state index in [0.717, 1.165) is 54.5 Å². The fourth-order valence-electron chi connectivity index (χ4n) is 5.48. The third-order valence-corrected chi connectivity index (χ3v) is 9.83. The highest BCUT2D eigenvalue weighted by Crippen LogP contribution is 2.49. The number of methoxy groups -OCH3 is 2. The molecular formula is C30H39N3O5S. The summed E-state index contributed by atoms with van der Waals surface area (Å²) >= 11 is 0. The molecule has 8 nitrogen and oxygen atoms in total. The van der Waals surface area contributed by atoms with E-state index in [1.807, 2.05) is 37.3 Å². The summed E-state index contributed by atoms with van der Waals surface area (Å²) in [6, 6.07) is 18.1. The fraction of sp³-hybridized carbons (Fsp3) is 0.400. The van der Waals surface area contributed by atoms with E-state index in [9.17, 15) is 13.2 Å². The van der Waals surface area contributed by atoms with Crippen LogP contribution in [0.3, 0.4) is 0 Å². The molecule has 1 saturated carbocycles. The van der Waals surface area contributed by atoms with E-state index < -0.39 is 15.4 Å². The van der Waals surface area contributed by atoms with E-state index in [0.29, 0.717) is 29.6 Å². The molecule has 5 rings (SSSR count). The lowest BCUT2D eigenvalue weighted by atomic mass is 9.93. The predicted molar refractivity (Wildman–Crippen MR) is 154 cm³/mol. The van der Waals surface area contributed by atoms with Gasteiger partial charge in [-0.1, -0.05) is 31.2 Å². The molecule has 210 valence electrons. The molecule has 1 aromatic heterocycles. The lowest BCUT2D eigenvalue weighted by Crippen LogP contribution is -2.35. The van der Waals surface area contributed by atoms with Crippen LogP contribution in [0.5, 0.6) is 5.75 Å². The van der Waals surface area contributed by atoms with Crippen molar-refractivity contribution in [3.8, 4) is 17.0 Å². The molecule has 1 saturated heterocycles. The minimum atomic E-state index is -3.53. The molecule has 1 aliphatic heterocycles.